The minimum Gasteiger partial charge on any atom is -0.302 e. The van der Waals surface area contributed by atoms with Crippen molar-refractivity contribution in [1.82, 2.24) is 9.88 Å². The number of likely N-dealkylation sites (tertiary alicyclic amines) is 1. The number of nitrogens with zero attached hydrogens (tertiary/aromatic N) is 3. The van der Waals surface area contributed by atoms with Crippen molar-refractivity contribution in [1.29, 1.82) is 0 Å². The maximum absolute atomic E-state index is 5.97. The molecule has 90 valence electrons. The van der Waals surface area contributed by atoms with E-state index in [2.05, 4.69) is 23.5 Å². The van der Waals surface area contributed by atoms with E-state index in [4.69, 9.17) is 5.84 Å². The highest BCUT2D eigenvalue weighted by atomic mass is 15.4. The number of rotatable bonds is 2. The third kappa shape index (κ3) is 2.93. The lowest BCUT2D eigenvalue weighted by molar-refractivity contribution is 0.348. The van der Waals surface area contributed by atoms with Gasteiger partial charge in [0.25, 0.3) is 0 Å². The number of hydrazine groups is 1. The number of likely N-dealkylation sites (N-methyl/N-ethyl adjacent to an activating group) is 1. The first-order valence-electron chi connectivity index (χ1n) is 5.69. The van der Waals surface area contributed by atoms with Gasteiger partial charge in [0, 0.05) is 25.5 Å². The molecule has 0 saturated carbocycles. The Morgan fingerprint density at radius 3 is 3.06 bits per heavy atom. The highest BCUT2D eigenvalue weighted by molar-refractivity contribution is 5.44. The zero-order valence-electron chi connectivity index (χ0n) is 10.1. The second kappa shape index (κ2) is 5.12. The van der Waals surface area contributed by atoms with Crippen LogP contribution in [0.5, 0.6) is 0 Å². The molecular formula is C13H18N4. The van der Waals surface area contributed by atoms with E-state index in [1.54, 1.807) is 11.2 Å². The summed E-state index contributed by atoms with van der Waals surface area (Å²) >= 11 is 0. The summed E-state index contributed by atoms with van der Waals surface area (Å²) in [7, 11) is 2.10. The van der Waals surface area contributed by atoms with Crippen molar-refractivity contribution in [2.24, 2.45) is 5.84 Å². The Labute approximate surface area is 102 Å². The number of hydrogen-bond donors (Lipinski definition) is 1. The fraction of sp³-hybridized carbons (Fsp3) is 0.308. The van der Waals surface area contributed by atoms with E-state index in [9.17, 15) is 0 Å². The average molecular weight is 230 g/mol. The molecule has 0 radical (unpaired) electrons. The van der Waals surface area contributed by atoms with Gasteiger partial charge in [0.15, 0.2) is 0 Å². The third-order valence-electron chi connectivity index (χ3n) is 2.90. The molecule has 4 nitrogen and oxygen atoms in total. The molecule has 0 aromatic carbocycles. The van der Waals surface area contributed by atoms with Gasteiger partial charge in [-0.1, -0.05) is 12.6 Å². The Morgan fingerprint density at radius 2 is 2.35 bits per heavy atom. The Kier molecular flexibility index (Phi) is 3.56. The summed E-state index contributed by atoms with van der Waals surface area (Å²) in [4.78, 5) is 6.46. The van der Waals surface area contributed by atoms with Gasteiger partial charge in [0.05, 0.1) is 0 Å². The van der Waals surface area contributed by atoms with E-state index < -0.39 is 0 Å². The van der Waals surface area contributed by atoms with Gasteiger partial charge >= 0.3 is 0 Å². The summed E-state index contributed by atoms with van der Waals surface area (Å²) in [5.41, 5.74) is 2.33. The Balaban J connectivity index is 2.15. The van der Waals surface area contributed by atoms with E-state index in [1.807, 2.05) is 24.4 Å². The van der Waals surface area contributed by atoms with Crippen molar-refractivity contribution in [3.63, 3.8) is 0 Å². The van der Waals surface area contributed by atoms with Gasteiger partial charge in [-0.2, -0.15) is 0 Å². The first-order chi connectivity index (χ1) is 8.16. The van der Waals surface area contributed by atoms with Crippen LogP contribution in [0.25, 0.3) is 0 Å². The molecule has 2 heterocycles. The molecule has 0 bridgehead atoms. The van der Waals surface area contributed by atoms with Crippen LogP contribution in [0.15, 0.2) is 48.3 Å². The van der Waals surface area contributed by atoms with Gasteiger partial charge in [-0.25, -0.2) is 10.8 Å². The Morgan fingerprint density at radius 1 is 1.53 bits per heavy atom. The van der Waals surface area contributed by atoms with E-state index in [-0.39, 0.29) is 0 Å². The molecule has 1 aliphatic rings. The monoisotopic (exact) mass is 230 g/mol. The molecule has 0 spiro atoms. The molecule has 1 aromatic heterocycles. The second-order valence-electron chi connectivity index (χ2n) is 4.34. The van der Waals surface area contributed by atoms with Crippen LogP contribution in [0.1, 0.15) is 6.42 Å². The molecule has 4 heteroatoms. The fourth-order valence-corrected chi connectivity index (χ4v) is 1.84. The van der Waals surface area contributed by atoms with Crippen molar-refractivity contribution >= 4 is 5.82 Å². The normalized spacial score (nSPS) is 19.6. The van der Waals surface area contributed by atoms with Gasteiger partial charge in [0.1, 0.15) is 5.82 Å². The standard InChI is InChI=1S/C13H18N4/c1-11-6-8-16(2)9-12(11)10-17(14)13-5-3-4-7-15-13/h3-5,7,10H,1,6,8-9,14H2,2H3/b12-10-. The quantitative estimate of drug-likeness (QED) is 0.618. The van der Waals surface area contributed by atoms with Gasteiger partial charge in [-0.05, 0) is 36.7 Å². The van der Waals surface area contributed by atoms with Crippen LogP contribution >= 0.6 is 0 Å². The molecule has 0 unspecified atom stereocenters. The molecule has 0 amide bonds. The van der Waals surface area contributed by atoms with Gasteiger partial charge in [-0.3, -0.25) is 5.01 Å². The van der Waals surface area contributed by atoms with Gasteiger partial charge in [-0.15, -0.1) is 0 Å². The summed E-state index contributed by atoms with van der Waals surface area (Å²) < 4.78 is 0. The molecular weight excluding hydrogens is 212 g/mol. The summed E-state index contributed by atoms with van der Waals surface area (Å²) in [6, 6.07) is 5.67. The number of pyridine rings is 1. The first-order valence-corrected chi connectivity index (χ1v) is 5.69. The number of aromatic nitrogens is 1. The van der Waals surface area contributed by atoms with E-state index in [1.165, 1.54) is 5.57 Å². The highest BCUT2D eigenvalue weighted by Gasteiger charge is 2.14. The Bertz CT molecular complexity index is 424. The molecule has 1 fully saturated rings. The maximum Gasteiger partial charge on any atom is 0.146 e. The average Bonchev–Trinajstić information content (AvgIpc) is 2.35. The number of piperidine rings is 1. The fourth-order valence-electron chi connectivity index (χ4n) is 1.84. The molecule has 2 rings (SSSR count). The van der Waals surface area contributed by atoms with Gasteiger partial charge in [0.2, 0.25) is 0 Å². The van der Waals surface area contributed by atoms with E-state index >= 15 is 0 Å². The predicted octanol–water partition coefficient (Wildman–Crippen LogP) is 1.54. The molecule has 0 atom stereocenters. The predicted molar refractivity (Wildman–Crippen MR) is 70.2 cm³/mol. The second-order valence-corrected chi connectivity index (χ2v) is 4.34. The lowest BCUT2D eigenvalue weighted by atomic mass is 10.0. The van der Waals surface area contributed by atoms with Crippen LogP contribution in [0.2, 0.25) is 0 Å². The molecule has 0 aliphatic carbocycles. The number of nitrogens with two attached hydrogens (primary N) is 1. The zero-order chi connectivity index (χ0) is 12.3. The third-order valence-corrected chi connectivity index (χ3v) is 2.90. The van der Waals surface area contributed by atoms with Crippen LogP contribution < -0.4 is 10.9 Å². The highest BCUT2D eigenvalue weighted by Crippen LogP contribution is 2.20. The summed E-state index contributed by atoms with van der Waals surface area (Å²) in [6.07, 6.45) is 4.65. The van der Waals surface area contributed by atoms with Gasteiger partial charge < -0.3 is 4.90 Å². The largest absolute Gasteiger partial charge is 0.302 e. The zero-order valence-corrected chi connectivity index (χ0v) is 10.1. The number of anilines is 1. The van der Waals surface area contributed by atoms with Crippen molar-refractivity contribution in [2.75, 3.05) is 25.1 Å². The van der Waals surface area contributed by atoms with Crippen LogP contribution in [-0.2, 0) is 0 Å². The minimum absolute atomic E-state index is 0.737. The Hall–Kier alpha value is -1.65. The summed E-state index contributed by atoms with van der Waals surface area (Å²) in [6.45, 7) is 6.03. The summed E-state index contributed by atoms with van der Waals surface area (Å²) in [5, 5.41) is 1.56. The first kappa shape index (κ1) is 11.8. The van der Waals surface area contributed by atoms with Crippen molar-refractivity contribution in [2.45, 2.75) is 6.42 Å². The van der Waals surface area contributed by atoms with Crippen LogP contribution in [0.4, 0.5) is 5.82 Å². The van der Waals surface area contributed by atoms with Crippen LogP contribution in [-0.4, -0.2) is 30.0 Å². The maximum atomic E-state index is 5.97. The number of hydrogen-bond acceptors (Lipinski definition) is 4. The molecule has 1 saturated heterocycles. The molecule has 1 aromatic rings. The minimum atomic E-state index is 0.737. The van der Waals surface area contributed by atoms with Crippen molar-refractivity contribution < 1.29 is 0 Å². The SMILES string of the molecule is C=C1CCN(C)C/C1=C/N(N)c1ccccn1. The van der Waals surface area contributed by atoms with E-state index in [0.29, 0.717) is 0 Å². The van der Waals surface area contributed by atoms with Crippen LogP contribution in [0.3, 0.4) is 0 Å². The molecule has 17 heavy (non-hydrogen) atoms. The lowest BCUT2D eigenvalue weighted by Gasteiger charge is -2.27. The lowest BCUT2D eigenvalue weighted by Crippen LogP contribution is -2.32. The molecule has 1 aliphatic heterocycles. The van der Waals surface area contributed by atoms with E-state index in [0.717, 1.165) is 30.9 Å². The topological polar surface area (TPSA) is 45.4 Å². The van der Waals surface area contributed by atoms with Crippen molar-refractivity contribution in [3.05, 3.63) is 48.3 Å². The van der Waals surface area contributed by atoms with Crippen LogP contribution in [0, 0.1) is 0 Å². The molecule has 2 N–H and O–H groups in total. The van der Waals surface area contributed by atoms with Crippen molar-refractivity contribution in [3.8, 4) is 0 Å². The summed E-state index contributed by atoms with van der Waals surface area (Å²) in [5.74, 6) is 6.71. The smallest absolute Gasteiger partial charge is 0.146 e.